The third-order valence-corrected chi connectivity index (χ3v) is 4.76. The van der Waals surface area contributed by atoms with E-state index in [4.69, 9.17) is 0 Å². The maximum absolute atomic E-state index is 13.4. The van der Waals surface area contributed by atoms with Gasteiger partial charge in [0.1, 0.15) is 5.82 Å². The molecule has 0 aliphatic carbocycles. The Labute approximate surface area is 113 Å². The molecular formula is C13H20FNO3S. The number of sulfone groups is 1. The van der Waals surface area contributed by atoms with Crippen LogP contribution in [0.25, 0.3) is 0 Å². The van der Waals surface area contributed by atoms with Gasteiger partial charge in [0.25, 0.3) is 0 Å². The van der Waals surface area contributed by atoms with Crippen molar-refractivity contribution in [3.05, 3.63) is 35.6 Å². The maximum atomic E-state index is 13.4. The number of rotatable bonds is 7. The number of halogens is 1. The number of aliphatic hydroxyl groups is 1. The molecule has 0 saturated carbocycles. The van der Waals surface area contributed by atoms with Gasteiger partial charge in [0.05, 0.1) is 11.9 Å². The Hall–Kier alpha value is -0.980. The lowest BCUT2D eigenvalue weighted by molar-refractivity contribution is 0.167. The lowest BCUT2D eigenvalue weighted by atomic mass is 10.1. The molecule has 0 heterocycles. The van der Waals surface area contributed by atoms with Gasteiger partial charge in [-0.3, -0.25) is 0 Å². The standard InChI is InChI=1S/C13H20FNO3S/c1-3-19(17,18)9-10(2)15-8-13(16)11-6-4-5-7-12(11)14/h4-7,10,13,15-16H,3,8-9H2,1-2H3. The lowest BCUT2D eigenvalue weighted by Crippen LogP contribution is -2.36. The zero-order valence-electron chi connectivity index (χ0n) is 11.1. The average Bonchev–Trinajstić information content (AvgIpc) is 2.36. The highest BCUT2D eigenvalue weighted by molar-refractivity contribution is 7.91. The molecule has 0 aliphatic rings. The molecule has 2 N–H and O–H groups in total. The van der Waals surface area contributed by atoms with Crippen molar-refractivity contribution in [1.82, 2.24) is 5.32 Å². The normalized spacial score (nSPS) is 15.2. The zero-order valence-corrected chi connectivity index (χ0v) is 12.0. The molecule has 0 amide bonds. The van der Waals surface area contributed by atoms with Crippen LogP contribution in [-0.2, 0) is 9.84 Å². The SMILES string of the molecule is CCS(=O)(=O)CC(C)NCC(O)c1ccccc1F. The summed E-state index contributed by atoms with van der Waals surface area (Å²) in [6, 6.07) is 5.70. The second kappa shape index (κ2) is 6.98. The summed E-state index contributed by atoms with van der Waals surface area (Å²) in [7, 11) is -3.06. The zero-order chi connectivity index (χ0) is 14.5. The van der Waals surface area contributed by atoms with Crippen molar-refractivity contribution in [3.8, 4) is 0 Å². The topological polar surface area (TPSA) is 66.4 Å². The average molecular weight is 289 g/mol. The maximum Gasteiger partial charge on any atom is 0.151 e. The van der Waals surface area contributed by atoms with Gasteiger partial charge in [-0.05, 0) is 13.0 Å². The Balaban J connectivity index is 2.51. The minimum Gasteiger partial charge on any atom is -0.387 e. The van der Waals surface area contributed by atoms with Crippen LogP contribution in [0.15, 0.2) is 24.3 Å². The Morgan fingerprint density at radius 1 is 1.37 bits per heavy atom. The smallest absolute Gasteiger partial charge is 0.151 e. The van der Waals surface area contributed by atoms with E-state index in [0.29, 0.717) is 0 Å². The van der Waals surface area contributed by atoms with Crippen LogP contribution < -0.4 is 5.32 Å². The fourth-order valence-corrected chi connectivity index (χ4v) is 2.84. The number of nitrogens with one attached hydrogen (secondary N) is 1. The first-order chi connectivity index (χ1) is 8.85. The van der Waals surface area contributed by atoms with Crippen LogP contribution in [0.1, 0.15) is 25.5 Å². The van der Waals surface area contributed by atoms with Gasteiger partial charge in [0.15, 0.2) is 9.84 Å². The molecule has 2 unspecified atom stereocenters. The van der Waals surface area contributed by atoms with Crippen LogP contribution in [0, 0.1) is 5.82 Å². The molecule has 0 spiro atoms. The van der Waals surface area contributed by atoms with Gasteiger partial charge in [0.2, 0.25) is 0 Å². The first kappa shape index (κ1) is 16.1. The second-order valence-corrected chi connectivity index (χ2v) is 6.94. The number of hydrogen-bond acceptors (Lipinski definition) is 4. The van der Waals surface area contributed by atoms with E-state index in [2.05, 4.69) is 5.32 Å². The molecule has 1 aromatic carbocycles. The van der Waals surface area contributed by atoms with Crippen molar-refractivity contribution in [2.75, 3.05) is 18.1 Å². The van der Waals surface area contributed by atoms with Gasteiger partial charge in [-0.1, -0.05) is 25.1 Å². The summed E-state index contributed by atoms with van der Waals surface area (Å²) in [5.41, 5.74) is 0.209. The van der Waals surface area contributed by atoms with Crippen molar-refractivity contribution in [2.45, 2.75) is 26.0 Å². The largest absolute Gasteiger partial charge is 0.387 e. The van der Waals surface area contributed by atoms with Gasteiger partial charge in [-0.2, -0.15) is 0 Å². The molecule has 4 nitrogen and oxygen atoms in total. The number of hydrogen-bond donors (Lipinski definition) is 2. The van der Waals surface area contributed by atoms with Crippen LogP contribution in [0.4, 0.5) is 4.39 Å². The second-order valence-electron chi connectivity index (χ2n) is 4.55. The summed E-state index contributed by atoms with van der Waals surface area (Å²) >= 11 is 0. The first-order valence-electron chi connectivity index (χ1n) is 6.22. The van der Waals surface area contributed by atoms with E-state index >= 15 is 0 Å². The molecule has 1 rings (SSSR count). The van der Waals surface area contributed by atoms with Crippen LogP contribution >= 0.6 is 0 Å². The van der Waals surface area contributed by atoms with Crippen molar-refractivity contribution in [1.29, 1.82) is 0 Å². The van der Waals surface area contributed by atoms with Crippen molar-refractivity contribution in [2.24, 2.45) is 0 Å². The predicted molar refractivity (Wildman–Crippen MR) is 73.2 cm³/mol. The Bertz CT molecular complexity index is 504. The summed E-state index contributed by atoms with van der Waals surface area (Å²) < 4.78 is 36.2. The lowest BCUT2D eigenvalue weighted by Gasteiger charge is -2.17. The van der Waals surface area contributed by atoms with Gasteiger partial charge in [-0.15, -0.1) is 0 Å². The number of benzene rings is 1. The minimum absolute atomic E-state index is 0.00743. The number of aliphatic hydroxyl groups excluding tert-OH is 1. The van der Waals surface area contributed by atoms with E-state index in [1.807, 2.05) is 0 Å². The molecule has 0 fully saturated rings. The summed E-state index contributed by atoms with van der Waals surface area (Å²) in [6.45, 7) is 3.43. The predicted octanol–water partition coefficient (Wildman–Crippen LogP) is 1.27. The summed E-state index contributed by atoms with van der Waals surface area (Å²) in [5, 5.41) is 12.8. The molecule has 108 valence electrons. The third kappa shape index (κ3) is 5.26. The van der Waals surface area contributed by atoms with E-state index < -0.39 is 21.8 Å². The highest BCUT2D eigenvalue weighted by Crippen LogP contribution is 2.15. The summed E-state index contributed by atoms with van der Waals surface area (Å²) in [6.07, 6.45) is -0.993. The molecular weight excluding hydrogens is 269 g/mol. The quantitative estimate of drug-likeness (QED) is 0.793. The van der Waals surface area contributed by atoms with Gasteiger partial charge < -0.3 is 10.4 Å². The Kier molecular flexibility index (Phi) is 5.90. The highest BCUT2D eigenvalue weighted by Gasteiger charge is 2.16. The van der Waals surface area contributed by atoms with Gasteiger partial charge >= 0.3 is 0 Å². The molecule has 0 saturated heterocycles. The van der Waals surface area contributed by atoms with Gasteiger partial charge in [-0.25, -0.2) is 12.8 Å². The molecule has 6 heteroatoms. The molecule has 0 radical (unpaired) electrons. The Morgan fingerprint density at radius 3 is 2.58 bits per heavy atom. The van der Waals surface area contributed by atoms with Crippen LogP contribution in [0.3, 0.4) is 0 Å². The molecule has 1 aromatic rings. The van der Waals surface area contributed by atoms with Crippen LogP contribution in [-0.4, -0.2) is 37.6 Å². The minimum atomic E-state index is -3.06. The fourth-order valence-electron chi connectivity index (χ4n) is 1.73. The Morgan fingerprint density at radius 2 is 2.00 bits per heavy atom. The van der Waals surface area contributed by atoms with Crippen LogP contribution in [0.2, 0.25) is 0 Å². The van der Waals surface area contributed by atoms with Crippen molar-refractivity contribution >= 4 is 9.84 Å². The summed E-state index contributed by atoms with van der Waals surface area (Å²) in [5.74, 6) is -0.367. The van der Waals surface area contributed by atoms with E-state index in [0.717, 1.165) is 0 Å². The van der Waals surface area contributed by atoms with Crippen molar-refractivity contribution < 1.29 is 17.9 Å². The molecule has 19 heavy (non-hydrogen) atoms. The molecule has 2 atom stereocenters. The third-order valence-electron chi connectivity index (χ3n) is 2.87. The van der Waals surface area contributed by atoms with E-state index in [-0.39, 0.29) is 29.7 Å². The monoisotopic (exact) mass is 289 g/mol. The van der Waals surface area contributed by atoms with Gasteiger partial charge in [0, 0.05) is 23.9 Å². The molecule has 0 bridgehead atoms. The highest BCUT2D eigenvalue weighted by atomic mass is 32.2. The van der Waals surface area contributed by atoms with E-state index in [9.17, 15) is 17.9 Å². The van der Waals surface area contributed by atoms with E-state index in [1.54, 1.807) is 26.0 Å². The summed E-state index contributed by atoms with van der Waals surface area (Å²) in [4.78, 5) is 0. The molecule has 0 aromatic heterocycles. The fraction of sp³-hybridized carbons (Fsp3) is 0.538. The molecule has 0 aliphatic heterocycles. The first-order valence-corrected chi connectivity index (χ1v) is 8.04. The van der Waals surface area contributed by atoms with Crippen LogP contribution in [0.5, 0.6) is 0 Å². The van der Waals surface area contributed by atoms with E-state index in [1.165, 1.54) is 12.1 Å². The van der Waals surface area contributed by atoms with Crippen molar-refractivity contribution in [3.63, 3.8) is 0 Å².